The Morgan fingerprint density at radius 1 is 0.458 bits per heavy atom. The summed E-state index contributed by atoms with van der Waals surface area (Å²) < 4.78 is 6.32. The molecule has 0 unspecified atom stereocenters. The molecular weight excluding hydrogens is 1360 g/mol. The Morgan fingerprint density at radius 3 is 1.08 bits per heavy atom. The fourth-order valence-electron chi connectivity index (χ4n) is 6.81. The average molecular weight is 1460 g/mol. The molecule has 13 N–H and O–H groups in total. The van der Waals surface area contributed by atoms with E-state index in [1.54, 1.807) is 64.8 Å². The number of rotatable bonds is 46. The van der Waals surface area contributed by atoms with Crippen molar-refractivity contribution in [3.8, 4) is 0 Å². The molecule has 3 amide bonds. The van der Waals surface area contributed by atoms with Gasteiger partial charge in [-0.05, 0) is 110 Å². The summed E-state index contributed by atoms with van der Waals surface area (Å²) in [7, 11) is 13.6. The number of Topliss-reactive ketones (excluding diaryl/α,β-unsaturated/α-hetero) is 2. The second kappa shape index (κ2) is 72.4. The summed E-state index contributed by atoms with van der Waals surface area (Å²) in [4.78, 5) is 131. The molecule has 0 aliphatic rings. The second-order valence-electron chi connectivity index (χ2n) is 17.1. The Hall–Kier alpha value is -2.09. The quantitative estimate of drug-likeness (QED) is 0.00885. The van der Waals surface area contributed by atoms with Crippen molar-refractivity contribution in [3.63, 3.8) is 0 Å². The third-order valence-corrected chi connectivity index (χ3v) is 15.2. The summed E-state index contributed by atoms with van der Waals surface area (Å²) in [6, 6.07) is -3.68. The number of likely N-dealkylation sites (N-methyl/N-ethyl adjacent to an activating group) is 1. The van der Waals surface area contributed by atoms with Crippen LogP contribution in [0.2, 0.25) is 0 Å². The largest absolute Gasteiger partial charge is 0.481 e. The molecule has 492 valence electrons. The minimum Gasteiger partial charge on any atom is -0.481 e. The van der Waals surface area contributed by atoms with Gasteiger partial charge in [0.15, 0.2) is 0 Å². The highest BCUT2D eigenvalue weighted by molar-refractivity contribution is 14.2. The number of nitrogens with two attached hydrogens (primary N) is 1. The normalized spacial score (nSPS) is 11.8. The fourth-order valence-corrected chi connectivity index (χ4v) is 6.81. The van der Waals surface area contributed by atoms with Crippen molar-refractivity contribution in [2.24, 2.45) is 17.7 Å². The van der Waals surface area contributed by atoms with Crippen molar-refractivity contribution in [2.45, 2.75) is 186 Å². The van der Waals surface area contributed by atoms with Gasteiger partial charge in [0.25, 0.3) is 0 Å². The number of hydrogen-bond donors (Lipinski definition) is 13. The molecule has 5 atom stereocenters. The lowest BCUT2D eigenvalue weighted by molar-refractivity contribution is -0.145. The molecule has 83 heavy (non-hydrogen) atoms. The van der Waals surface area contributed by atoms with Crippen molar-refractivity contribution in [1.82, 2.24) is 21.3 Å². The van der Waals surface area contributed by atoms with E-state index < -0.39 is 127 Å². The molecule has 0 aliphatic heterocycles. The second-order valence-corrected chi connectivity index (χ2v) is 28.9. The van der Waals surface area contributed by atoms with Gasteiger partial charge in [0.2, 0.25) is 17.7 Å². The van der Waals surface area contributed by atoms with Crippen LogP contribution in [-0.4, -0.2) is 171 Å². The molecule has 33 heteroatoms. The van der Waals surface area contributed by atoms with E-state index >= 15 is 0 Å². The SMILES string of the molecule is C.CN[C@@H](CCCCNC(=O)CC[C@H](CC(=O)CC[C@H](NC(=O)CC[C@H](CC(=O)CC[C@H](NC(=O)CCCCCCCCCCCCC(=O)O)C(=O)O)C(=O)O)C(=O)O)C(=O)O)C(=O)O.CSSC.CSSC.CSSC.F.NO.[3H]SSI. The maximum atomic E-state index is 12.7. The van der Waals surface area contributed by atoms with Gasteiger partial charge in [-0.15, -0.1) is 11.6 Å². The van der Waals surface area contributed by atoms with Crippen LogP contribution in [0.25, 0.3) is 0 Å². The molecule has 0 aromatic carbocycles. The van der Waals surface area contributed by atoms with Crippen LogP contribution >= 0.6 is 105 Å². The standard InChI is InChI=1S/C43H70N4O17.3C2H6S2.CH4.FH.HIS2.H3NO/c1-44-32(41(59)60)14-12-13-25-45-35(50)23-17-28(39(55)56)26-30(48)20-22-34(43(63)64)47-37(52)24-18-29(40(57)58)27-31(49)19-21-33(42(61)62)46-36(51)15-10-8-6-4-2-3-5-7-9-11-16-38(53)54;3*1-3-4-2;;;1-3-2;1-2/h28-29,32-34,44H,2-27H2,1H3,(H,45,50)(H,46,51)(H,47,52)(H,53,54)(H,55,56)(H,57,58)(H,59,60)(H,61,62)(H,63,64);3*1-2H3;1H4;1H;2H;2H,1H2/t28-,29-,32+,33+,34+;;;;;;;/m1......./s1/i/hT. The van der Waals surface area contributed by atoms with E-state index in [9.17, 15) is 73.2 Å². The van der Waals surface area contributed by atoms with Crippen LogP contribution < -0.4 is 27.2 Å². The van der Waals surface area contributed by atoms with Crippen molar-refractivity contribution >= 4 is 171 Å². The summed E-state index contributed by atoms with van der Waals surface area (Å²) >= 11 is 3.05. The third kappa shape index (κ3) is 72.3. The van der Waals surface area contributed by atoms with Crippen LogP contribution in [0, 0.1) is 11.8 Å². The molecule has 23 nitrogen and oxygen atoms in total. The zero-order chi connectivity index (χ0) is 64.1. The van der Waals surface area contributed by atoms with Gasteiger partial charge >= 0.3 is 35.8 Å². The summed E-state index contributed by atoms with van der Waals surface area (Å²) in [6.07, 6.45) is 19.1. The Bertz CT molecular complexity index is 1720. The lowest BCUT2D eigenvalue weighted by Crippen LogP contribution is -2.41. The summed E-state index contributed by atoms with van der Waals surface area (Å²) in [6.45, 7) is 0.242. The summed E-state index contributed by atoms with van der Waals surface area (Å²) in [5.74, 6) is -9.59. The predicted octanol–water partition coefficient (Wildman–Crippen LogP) is 10.2. The summed E-state index contributed by atoms with van der Waals surface area (Å²) in [5, 5.41) is 72.5. The molecule has 0 rings (SSSR count). The molecule has 0 aliphatic carbocycles. The number of carboxylic acid groups (broad SMARTS) is 6. The molecular formula is C50H97FIN5O18S8. The first-order chi connectivity index (χ1) is 38.9. The van der Waals surface area contributed by atoms with Gasteiger partial charge in [-0.1, -0.05) is 124 Å². The fraction of sp³-hybridized carbons (Fsp3) is 0.780. The lowest BCUT2D eigenvalue weighted by atomic mass is 9.93. The smallest absolute Gasteiger partial charge is 0.326 e. The predicted molar refractivity (Wildman–Crippen MR) is 355 cm³/mol. The number of hydrogen-bond acceptors (Lipinski definition) is 22. The first-order valence-electron chi connectivity index (χ1n) is 26.1. The van der Waals surface area contributed by atoms with Crippen LogP contribution in [0.15, 0.2) is 0 Å². The average Bonchev–Trinajstić information content (AvgIpc) is 3.44. The number of carbonyl (C=O) groups is 11. The molecule has 0 aromatic rings. The van der Waals surface area contributed by atoms with E-state index in [0.717, 1.165) is 62.9 Å². The Labute approximate surface area is 537 Å². The molecule has 0 heterocycles. The molecule has 0 aromatic heterocycles. The van der Waals surface area contributed by atoms with Gasteiger partial charge in [-0.3, -0.25) is 47.9 Å². The van der Waals surface area contributed by atoms with E-state index in [0.29, 0.717) is 32.1 Å². The van der Waals surface area contributed by atoms with Crippen molar-refractivity contribution in [2.75, 3.05) is 51.1 Å². The van der Waals surface area contributed by atoms with Gasteiger partial charge in [-0.25, -0.2) is 15.5 Å². The highest BCUT2D eigenvalue weighted by Crippen LogP contribution is 2.19. The minimum absolute atomic E-state index is 0. The van der Waals surface area contributed by atoms with Crippen molar-refractivity contribution in [3.05, 3.63) is 0 Å². The Kier molecular flexibility index (Phi) is 82.5. The van der Waals surface area contributed by atoms with E-state index in [4.69, 9.17) is 16.5 Å². The maximum absolute atomic E-state index is 12.7. The van der Waals surface area contributed by atoms with Gasteiger partial charge in [0.05, 0.1) is 11.8 Å². The number of carboxylic acids is 6. The van der Waals surface area contributed by atoms with Gasteiger partial charge < -0.3 is 57.1 Å². The minimum atomic E-state index is -1.58. The lowest BCUT2D eigenvalue weighted by Gasteiger charge is -2.17. The first-order valence-corrected chi connectivity index (χ1v) is 38.9. The number of carbonyl (C=O) groups excluding carboxylic acids is 5. The zero-order valence-electron chi connectivity index (χ0n) is 49.0. The number of nitrogens with one attached hydrogen (secondary N) is 4. The highest BCUT2D eigenvalue weighted by atomic mass is 127. The topological polar surface area (TPSA) is 404 Å². The van der Waals surface area contributed by atoms with Crippen LogP contribution in [0.4, 0.5) is 4.70 Å². The number of thiol groups is 1. The van der Waals surface area contributed by atoms with Gasteiger partial charge in [0.1, 0.15) is 30.8 Å². The van der Waals surface area contributed by atoms with Gasteiger partial charge in [-0.2, -0.15) is 0 Å². The number of unbranched alkanes of at least 4 members (excludes halogenated alkanes) is 10. The van der Waals surface area contributed by atoms with Crippen molar-refractivity contribution in [1.29, 1.82) is 1.12 Å². The first kappa shape index (κ1) is 94.6. The molecule has 0 bridgehead atoms. The van der Waals surface area contributed by atoms with Crippen molar-refractivity contribution < 1.29 is 93.3 Å². The van der Waals surface area contributed by atoms with Gasteiger partial charge in [0, 0.05) is 79.1 Å². The monoisotopic (exact) mass is 1460 g/mol. The number of halogens is 2. The molecule has 0 radical (unpaired) electrons. The van der Waals surface area contributed by atoms with Crippen LogP contribution in [-0.2, 0) is 52.7 Å². The maximum Gasteiger partial charge on any atom is 0.326 e. The zero-order valence-corrected chi connectivity index (χ0v) is 56.7. The van der Waals surface area contributed by atoms with Crippen LogP contribution in [0.1, 0.15) is 168 Å². The van der Waals surface area contributed by atoms with E-state index in [1.165, 1.54) is 15.0 Å². The Balaban J connectivity index is -0.000000420. The third-order valence-electron chi connectivity index (χ3n) is 11.2. The number of ketones is 2. The summed E-state index contributed by atoms with van der Waals surface area (Å²) in [5.41, 5.74) is 0. The van der Waals surface area contributed by atoms with E-state index in [1.807, 2.05) is 21.2 Å². The molecule has 0 saturated carbocycles. The Morgan fingerprint density at radius 2 is 0.783 bits per heavy atom. The molecule has 0 saturated heterocycles. The molecule has 0 spiro atoms. The molecule has 0 fully saturated rings. The van der Waals surface area contributed by atoms with Crippen LogP contribution in [0.3, 0.4) is 0 Å². The number of aliphatic carboxylic acids is 6. The highest BCUT2D eigenvalue weighted by Gasteiger charge is 2.28. The number of amides is 3. The van der Waals surface area contributed by atoms with Crippen LogP contribution in [0.5, 0.6) is 0 Å². The van der Waals surface area contributed by atoms with E-state index in [-0.39, 0.29) is 63.6 Å². The van der Waals surface area contributed by atoms with E-state index in [2.05, 4.69) is 64.7 Å².